The fraction of sp³-hybridized carbons (Fsp3) is 0. The van der Waals surface area contributed by atoms with Gasteiger partial charge in [-0.3, -0.25) is 10.2 Å². The fourth-order valence-electron chi connectivity index (χ4n) is 3.07. The molecule has 1 N–H and O–H groups in total. The van der Waals surface area contributed by atoms with Crippen LogP contribution in [-0.2, 0) is 4.79 Å². The van der Waals surface area contributed by atoms with Gasteiger partial charge in [0.15, 0.2) is 16.6 Å². The van der Waals surface area contributed by atoms with Gasteiger partial charge in [-0.25, -0.2) is 0 Å². The molecule has 0 unspecified atom stereocenters. The van der Waals surface area contributed by atoms with Gasteiger partial charge in [0, 0.05) is 27.6 Å². The monoisotopic (exact) mass is 455 g/mol. The normalized spacial score (nSPS) is 17.4. The molecule has 0 fully saturated rings. The number of hydrazone groups is 1. The molecule has 0 spiro atoms. The highest BCUT2D eigenvalue weighted by molar-refractivity contribution is 8.27. The Kier molecular flexibility index (Phi) is 4.62. The number of hydrogen-bond acceptors (Lipinski definition) is 5. The quantitative estimate of drug-likeness (QED) is 0.560. The lowest BCUT2D eigenvalue weighted by Crippen LogP contribution is -2.35. The van der Waals surface area contributed by atoms with Crippen molar-refractivity contribution in [1.29, 1.82) is 5.41 Å². The molecule has 10 heteroatoms. The Bertz CT molecular complexity index is 1270. The second kappa shape index (κ2) is 7.32. The average Bonchev–Trinajstić information content (AvgIpc) is 3.44. The summed E-state index contributed by atoms with van der Waals surface area (Å²) in [6.07, 6.45) is 4.96. The van der Waals surface area contributed by atoms with Crippen molar-refractivity contribution in [3.63, 3.8) is 0 Å². The van der Waals surface area contributed by atoms with Crippen LogP contribution in [0.4, 0.5) is 0 Å². The van der Waals surface area contributed by atoms with E-state index in [4.69, 9.17) is 33.0 Å². The van der Waals surface area contributed by atoms with Crippen molar-refractivity contribution in [3.05, 3.63) is 82.0 Å². The molecule has 30 heavy (non-hydrogen) atoms. The number of carbonyl (C=O) groups is 1. The van der Waals surface area contributed by atoms with Gasteiger partial charge in [0.05, 0.1) is 11.8 Å². The number of amidine groups is 2. The smallest absolute Gasteiger partial charge is 0.283 e. The lowest BCUT2D eigenvalue weighted by molar-refractivity contribution is -0.114. The zero-order valence-electron chi connectivity index (χ0n) is 15.0. The maximum atomic E-state index is 12.7. The minimum Gasteiger partial charge on any atom is -0.462 e. The van der Waals surface area contributed by atoms with Crippen molar-refractivity contribution in [2.75, 3.05) is 0 Å². The maximum Gasteiger partial charge on any atom is 0.283 e. The number of carbonyl (C=O) groups excluding carboxylic acids is 1. The van der Waals surface area contributed by atoms with E-state index in [2.05, 4.69) is 10.1 Å². The molecule has 7 nitrogen and oxygen atoms in total. The summed E-state index contributed by atoms with van der Waals surface area (Å²) < 4.78 is 7.17. The van der Waals surface area contributed by atoms with Gasteiger partial charge >= 0.3 is 0 Å². The van der Waals surface area contributed by atoms with Gasteiger partial charge < -0.3 is 8.98 Å². The van der Waals surface area contributed by atoms with E-state index >= 15 is 0 Å². The van der Waals surface area contributed by atoms with Gasteiger partial charge in [-0.15, -0.1) is 0 Å². The minimum absolute atomic E-state index is 0.0593. The van der Waals surface area contributed by atoms with Crippen LogP contribution < -0.4 is 0 Å². The molecular weight excluding hydrogens is 445 g/mol. The minimum atomic E-state index is -0.508. The Hall–Kier alpha value is -3.07. The van der Waals surface area contributed by atoms with Crippen molar-refractivity contribution in [1.82, 2.24) is 9.58 Å². The number of benzene rings is 1. The van der Waals surface area contributed by atoms with E-state index in [9.17, 15) is 4.79 Å². The van der Waals surface area contributed by atoms with E-state index in [0.717, 1.165) is 5.69 Å². The number of aliphatic imine (C=N–C) groups is 1. The number of fused-ring (bicyclic) bond motifs is 1. The van der Waals surface area contributed by atoms with Crippen LogP contribution in [0.25, 0.3) is 11.8 Å². The van der Waals surface area contributed by atoms with Gasteiger partial charge in [-0.05, 0) is 60.3 Å². The second-order valence-corrected chi connectivity index (χ2v) is 8.16. The first-order valence-corrected chi connectivity index (χ1v) is 10.2. The Morgan fingerprint density at radius 1 is 1.13 bits per heavy atom. The standard InChI is InChI=1S/C20H11Cl2N5O2S/c21-11-7-12(22)9-14(8-11)26-5-1-3-13(26)10-15-17(23)27-20(24-18(15)28)30-19(25-27)16-4-2-6-29-16/h1-10,23H/b15-10-,23-17?. The largest absolute Gasteiger partial charge is 0.462 e. The molecule has 3 aromatic rings. The number of aromatic nitrogens is 1. The predicted molar refractivity (Wildman–Crippen MR) is 119 cm³/mol. The molecule has 0 bridgehead atoms. The van der Waals surface area contributed by atoms with Crippen molar-refractivity contribution in [2.45, 2.75) is 0 Å². The van der Waals surface area contributed by atoms with Gasteiger partial charge in [-0.2, -0.15) is 15.1 Å². The number of thioether (sulfide) groups is 1. The number of amides is 1. The van der Waals surface area contributed by atoms with Crippen LogP contribution in [0.15, 0.2) is 75.0 Å². The van der Waals surface area contributed by atoms with Gasteiger partial charge in [0.25, 0.3) is 5.91 Å². The molecule has 4 heterocycles. The lowest BCUT2D eigenvalue weighted by Gasteiger charge is -2.20. The Morgan fingerprint density at radius 3 is 2.67 bits per heavy atom. The molecule has 0 aliphatic carbocycles. The van der Waals surface area contributed by atoms with Crippen LogP contribution in [-0.4, -0.2) is 31.5 Å². The first-order valence-electron chi connectivity index (χ1n) is 8.67. The van der Waals surface area contributed by atoms with Gasteiger partial charge in [-0.1, -0.05) is 23.2 Å². The molecule has 1 aromatic carbocycles. The topological polar surface area (TPSA) is 86.9 Å². The average molecular weight is 456 g/mol. The number of furan rings is 1. The summed E-state index contributed by atoms with van der Waals surface area (Å²) in [5.74, 6) is -0.0166. The Balaban J connectivity index is 1.53. The zero-order valence-corrected chi connectivity index (χ0v) is 17.4. The summed E-state index contributed by atoms with van der Waals surface area (Å²) >= 11 is 13.4. The highest BCUT2D eigenvalue weighted by Crippen LogP contribution is 2.31. The number of rotatable bonds is 3. The molecule has 2 aromatic heterocycles. The second-order valence-electron chi connectivity index (χ2n) is 6.33. The molecule has 5 rings (SSSR count). The van der Waals surface area contributed by atoms with Crippen LogP contribution in [0.3, 0.4) is 0 Å². The van der Waals surface area contributed by atoms with Crippen LogP contribution in [0, 0.1) is 5.41 Å². The van der Waals surface area contributed by atoms with Crippen LogP contribution in [0.2, 0.25) is 10.0 Å². The molecule has 0 saturated carbocycles. The summed E-state index contributed by atoms with van der Waals surface area (Å²) in [5, 5.41) is 16.1. The summed E-state index contributed by atoms with van der Waals surface area (Å²) in [7, 11) is 0. The Labute approximate surface area is 184 Å². The summed E-state index contributed by atoms with van der Waals surface area (Å²) in [5.41, 5.74) is 1.53. The number of nitrogens with one attached hydrogen (secondary N) is 1. The predicted octanol–water partition coefficient (Wildman–Crippen LogP) is 5.04. The molecule has 2 aliphatic rings. The molecule has 1 amide bonds. The summed E-state index contributed by atoms with van der Waals surface area (Å²) in [6, 6.07) is 12.3. The third kappa shape index (κ3) is 3.28. The van der Waals surface area contributed by atoms with E-state index < -0.39 is 5.91 Å². The summed E-state index contributed by atoms with van der Waals surface area (Å²) in [4.78, 5) is 16.8. The van der Waals surface area contributed by atoms with Crippen molar-refractivity contribution < 1.29 is 9.21 Å². The van der Waals surface area contributed by atoms with Crippen LogP contribution in [0.1, 0.15) is 11.5 Å². The lowest BCUT2D eigenvalue weighted by atomic mass is 10.1. The van der Waals surface area contributed by atoms with Gasteiger partial charge in [0.1, 0.15) is 0 Å². The molecule has 0 saturated heterocycles. The number of nitrogens with zero attached hydrogens (tertiary/aromatic N) is 4. The number of hydrogen-bond donors (Lipinski definition) is 1. The van der Waals surface area contributed by atoms with E-state index in [1.807, 2.05) is 22.9 Å². The molecule has 148 valence electrons. The highest BCUT2D eigenvalue weighted by Gasteiger charge is 2.36. The van der Waals surface area contributed by atoms with E-state index in [-0.39, 0.29) is 11.4 Å². The highest BCUT2D eigenvalue weighted by atomic mass is 35.5. The van der Waals surface area contributed by atoms with E-state index in [0.29, 0.717) is 31.7 Å². The van der Waals surface area contributed by atoms with Crippen molar-refractivity contribution in [2.24, 2.45) is 10.1 Å². The third-order valence-electron chi connectivity index (χ3n) is 4.38. The van der Waals surface area contributed by atoms with E-state index in [1.165, 1.54) is 23.0 Å². The van der Waals surface area contributed by atoms with Crippen LogP contribution in [0.5, 0.6) is 0 Å². The molecular formula is C20H11Cl2N5O2S. The Morgan fingerprint density at radius 2 is 1.93 bits per heavy atom. The number of halogens is 2. The maximum absolute atomic E-state index is 12.7. The first kappa shape index (κ1) is 18.9. The zero-order chi connectivity index (χ0) is 20.8. The van der Waals surface area contributed by atoms with Crippen molar-refractivity contribution >= 4 is 63.0 Å². The molecule has 0 radical (unpaired) electrons. The molecule has 0 atom stereocenters. The molecule has 2 aliphatic heterocycles. The van der Waals surface area contributed by atoms with Gasteiger partial charge in [0.2, 0.25) is 5.17 Å². The fourth-order valence-corrected chi connectivity index (χ4v) is 4.44. The van der Waals surface area contributed by atoms with Crippen LogP contribution >= 0.6 is 35.0 Å². The first-order chi connectivity index (χ1) is 14.5. The SMILES string of the molecule is N=C1/C(=C/c2cccn2-c2cc(Cl)cc(Cl)c2)C(=O)N=C2SC(c3ccco3)=NN12. The summed E-state index contributed by atoms with van der Waals surface area (Å²) in [6.45, 7) is 0. The van der Waals surface area contributed by atoms with Crippen molar-refractivity contribution in [3.8, 4) is 5.69 Å². The van der Waals surface area contributed by atoms with E-state index in [1.54, 1.807) is 36.4 Å². The third-order valence-corrected chi connectivity index (χ3v) is 5.74.